The van der Waals surface area contributed by atoms with Crippen molar-refractivity contribution in [3.8, 4) is 0 Å². The molecule has 0 radical (unpaired) electrons. The highest BCUT2D eigenvalue weighted by Crippen LogP contribution is 2.41. The fourth-order valence-corrected chi connectivity index (χ4v) is 3.30. The highest BCUT2D eigenvalue weighted by molar-refractivity contribution is 5.14. The summed E-state index contributed by atoms with van der Waals surface area (Å²) in [4.78, 5) is 0. The Labute approximate surface area is 153 Å². The molecule has 2 fully saturated rings. The van der Waals surface area contributed by atoms with Gasteiger partial charge in [-0.25, -0.2) is 0 Å². The molecule has 5 heteroatoms. The number of methoxy groups -OCH3 is 1. The molecule has 0 spiro atoms. The van der Waals surface area contributed by atoms with Gasteiger partial charge in [-0.3, -0.25) is 0 Å². The van der Waals surface area contributed by atoms with Gasteiger partial charge in [0.05, 0.1) is 19.8 Å². The number of benzene rings is 2. The lowest BCUT2D eigenvalue weighted by Gasteiger charge is -2.26. The summed E-state index contributed by atoms with van der Waals surface area (Å²) in [5, 5.41) is 0. The highest BCUT2D eigenvalue weighted by Gasteiger charge is 2.61. The number of epoxide rings is 1. The fourth-order valence-electron chi connectivity index (χ4n) is 3.30. The molecule has 5 atom stereocenters. The van der Waals surface area contributed by atoms with E-state index >= 15 is 0 Å². The predicted octanol–water partition coefficient (Wildman–Crippen LogP) is 2.93. The number of hydrogen-bond acceptors (Lipinski definition) is 5. The molecular weight excluding hydrogens is 332 g/mol. The van der Waals surface area contributed by atoms with Gasteiger partial charge in [0, 0.05) is 7.11 Å². The Morgan fingerprint density at radius 2 is 1.50 bits per heavy atom. The van der Waals surface area contributed by atoms with Crippen LogP contribution in [0.3, 0.4) is 0 Å². The van der Waals surface area contributed by atoms with Crippen molar-refractivity contribution in [2.75, 3.05) is 13.7 Å². The van der Waals surface area contributed by atoms with Crippen LogP contribution in [0.5, 0.6) is 0 Å². The molecule has 2 aromatic rings. The third-order valence-electron chi connectivity index (χ3n) is 4.74. The van der Waals surface area contributed by atoms with Gasteiger partial charge in [0.1, 0.15) is 24.4 Å². The number of fused-ring (bicyclic) bond motifs is 1. The number of ether oxygens (including phenoxy) is 5. The van der Waals surface area contributed by atoms with Gasteiger partial charge >= 0.3 is 0 Å². The smallest absolute Gasteiger partial charge is 0.186 e. The molecule has 26 heavy (non-hydrogen) atoms. The summed E-state index contributed by atoms with van der Waals surface area (Å²) in [5.41, 5.74) is 2.26. The molecule has 2 aliphatic heterocycles. The van der Waals surface area contributed by atoms with Crippen molar-refractivity contribution in [1.82, 2.24) is 0 Å². The summed E-state index contributed by atoms with van der Waals surface area (Å²) in [7, 11) is 1.64. The van der Waals surface area contributed by atoms with E-state index in [1.54, 1.807) is 7.11 Å². The van der Waals surface area contributed by atoms with Crippen LogP contribution >= 0.6 is 0 Å². The second-order valence-corrected chi connectivity index (χ2v) is 6.61. The molecule has 0 saturated carbocycles. The van der Waals surface area contributed by atoms with E-state index in [0.29, 0.717) is 19.8 Å². The summed E-state index contributed by atoms with van der Waals surface area (Å²) >= 11 is 0. The van der Waals surface area contributed by atoms with Gasteiger partial charge < -0.3 is 23.7 Å². The fraction of sp³-hybridized carbons (Fsp3) is 0.429. The van der Waals surface area contributed by atoms with Crippen LogP contribution in [0.25, 0.3) is 0 Å². The van der Waals surface area contributed by atoms with E-state index < -0.39 is 0 Å². The van der Waals surface area contributed by atoms with Crippen LogP contribution in [0.15, 0.2) is 60.7 Å². The normalized spacial score (nSPS) is 27.9. The third-order valence-corrected chi connectivity index (χ3v) is 4.74. The van der Waals surface area contributed by atoms with E-state index in [9.17, 15) is 0 Å². The number of rotatable bonds is 9. The Kier molecular flexibility index (Phi) is 5.62. The Morgan fingerprint density at radius 3 is 2.12 bits per heavy atom. The minimum absolute atomic E-state index is 0.0157. The number of hydrogen-bond donors (Lipinski definition) is 0. The van der Waals surface area contributed by atoms with Crippen molar-refractivity contribution < 1.29 is 23.7 Å². The maximum Gasteiger partial charge on any atom is 0.186 e. The van der Waals surface area contributed by atoms with Crippen LogP contribution in [-0.4, -0.2) is 44.4 Å². The lowest BCUT2D eigenvalue weighted by Crippen LogP contribution is -2.38. The SMILES string of the molecule is CO[C@H]1O[C@H]([C@@H](COCc2ccccc2)OCc2ccccc2)[C@H]2O[C@@H]12. The van der Waals surface area contributed by atoms with Crippen molar-refractivity contribution in [2.24, 2.45) is 0 Å². The molecular formula is C21H24O5. The molecule has 0 aliphatic carbocycles. The Bertz CT molecular complexity index is 677. The zero-order valence-corrected chi connectivity index (χ0v) is 14.8. The van der Waals surface area contributed by atoms with E-state index in [-0.39, 0.29) is 30.7 Å². The monoisotopic (exact) mass is 356 g/mol. The molecule has 0 amide bonds. The van der Waals surface area contributed by atoms with E-state index in [0.717, 1.165) is 11.1 Å². The van der Waals surface area contributed by atoms with E-state index in [2.05, 4.69) is 0 Å². The Balaban J connectivity index is 1.36. The maximum atomic E-state index is 6.15. The zero-order valence-electron chi connectivity index (χ0n) is 14.8. The third kappa shape index (κ3) is 4.14. The Hall–Kier alpha value is -1.76. The lowest BCUT2D eigenvalue weighted by molar-refractivity contribution is -0.198. The summed E-state index contributed by atoms with van der Waals surface area (Å²) in [5.74, 6) is 0. The molecule has 2 aliphatic rings. The average Bonchev–Trinajstić information content (AvgIpc) is 3.41. The van der Waals surface area contributed by atoms with E-state index in [4.69, 9.17) is 23.7 Å². The maximum absolute atomic E-state index is 6.15. The highest BCUT2D eigenvalue weighted by atomic mass is 16.8. The summed E-state index contributed by atoms with van der Waals surface area (Å²) in [6.07, 6.45) is -0.663. The molecule has 2 heterocycles. The molecule has 0 N–H and O–H groups in total. The van der Waals surface area contributed by atoms with Crippen molar-refractivity contribution in [1.29, 1.82) is 0 Å². The summed E-state index contributed by atoms with van der Waals surface area (Å²) in [6.45, 7) is 1.49. The van der Waals surface area contributed by atoms with Crippen LogP contribution in [0.2, 0.25) is 0 Å². The zero-order chi connectivity index (χ0) is 17.8. The molecule has 4 rings (SSSR count). The van der Waals surface area contributed by atoms with Gasteiger partial charge in [0.2, 0.25) is 0 Å². The van der Waals surface area contributed by atoms with E-state index in [1.165, 1.54) is 0 Å². The first kappa shape index (κ1) is 17.6. The quantitative estimate of drug-likeness (QED) is 0.647. The van der Waals surface area contributed by atoms with E-state index in [1.807, 2.05) is 60.7 Å². The summed E-state index contributed by atoms with van der Waals surface area (Å²) < 4.78 is 29.1. The molecule has 138 valence electrons. The molecule has 0 unspecified atom stereocenters. The van der Waals surface area contributed by atoms with Gasteiger partial charge in [0.15, 0.2) is 6.29 Å². The largest absolute Gasteiger partial charge is 0.374 e. The Morgan fingerprint density at radius 1 is 0.846 bits per heavy atom. The summed E-state index contributed by atoms with van der Waals surface area (Å²) in [6, 6.07) is 20.2. The molecule has 2 saturated heterocycles. The van der Waals surface area contributed by atoms with Gasteiger partial charge in [-0.2, -0.15) is 0 Å². The van der Waals surface area contributed by atoms with Crippen molar-refractivity contribution in [3.05, 3.63) is 71.8 Å². The van der Waals surface area contributed by atoms with Crippen molar-refractivity contribution >= 4 is 0 Å². The van der Waals surface area contributed by atoms with Gasteiger partial charge in [-0.05, 0) is 11.1 Å². The van der Waals surface area contributed by atoms with Crippen LogP contribution in [0, 0.1) is 0 Å². The lowest BCUT2D eigenvalue weighted by atomic mass is 10.1. The van der Waals surface area contributed by atoms with Crippen LogP contribution in [-0.2, 0) is 36.9 Å². The van der Waals surface area contributed by atoms with Gasteiger partial charge in [-0.1, -0.05) is 60.7 Å². The minimum Gasteiger partial charge on any atom is -0.374 e. The van der Waals surface area contributed by atoms with Crippen LogP contribution < -0.4 is 0 Å². The second kappa shape index (κ2) is 8.29. The van der Waals surface area contributed by atoms with Crippen LogP contribution in [0.4, 0.5) is 0 Å². The molecule has 0 bridgehead atoms. The van der Waals surface area contributed by atoms with Gasteiger partial charge in [0.25, 0.3) is 0 Å². The minimum atomic E-state index is -0.318. The molecule has 2 aromatic carbocycles. The second-order valence-electron chi connectivity index (χ2n) is 6.61. The predicted molar refractivity (Wildman–Crippen MR) is 95.4 cm³/mol. The van der Waals surface area contributed by atoms with Crippen molar-refractivity contribution in [3.63, 3.8) is 0 Å². The first-order chi connectivity index (χ1) is 12.8. The van der Waals surface area contributed by atoms with Crippen LogP contribution in [0.1, 0.15) is 11.1 Å². The molecule has 5 nitrogen and oxygen atoms in total. The average molecular weight is 356 g/mol. The first-order valence-corrected chi connectivity index (χ1v) is 8.96. The molecule has 0 aromatic heterocycles. The topological polar surface area (TPSA) is 49.5 Å². The first-order valence-electron chi connectivity index (χ1n) is 8.96. The standard InChI is InChI=1S/C21H24O5/c1-22-21-20-19(25-20)18(26-21)17(24-13-16-10-6-3-7-11-16)14-23-12-15-8-4-2-5-9-15/h2-11,17-21H,12-14H2,1H3/t17-,18-,19-,20-,21+/m1/s1. The van der Waals surface area contributed by atoms with Crippen molar-refractivity contribution in [2.45, 2.75) is 43.9 Å². The van der Waals surface area contributed by atoms with Gasteiger partial charge in [-0.15, -0.1) is 0 Å².